The molecule has 1 atom stereocenters. The molecule has 1 fully saturated rings. The molecular weight excluding hydrogens is 436 g/mol. The van der Waals surface area contributed by atoms with Crippen LogP contribution in [0.3, 0.4) is 0 Å². The van der Waals surface area contributed by atoms with Crippen molar-refractivity contribution in [2.75, 3.05) is 32.2 Å². The van der Waals surface area contributed by atoms with Crippen molar-refractivity contribution in [2.24, 2.45) is 0 Å². The van der Waals surface area contributed by atoms with Gasteiger partial charge in [-0.05, 0) is 49.5 Å². The first-order valence-corrected chi connectivity index (χ1v) is 12.7. The second kappa shape index (κ2) is 11.2. The van der Waals surface area contributed by atoms with Crippen molar-refractivity contribution < 1.29 is 22.7 Å². The minimum Gasteiger partial charge on any atom is -0.467 e. The summed E-state index contributed by atoms with van der Waals surface area (Å²) in [6.45, 7) is 0.877. The Morgan fingerprint density at radius 3 is 2.48 bits per heavy atom. The number of halogens is 1. The number of hydrogen-bond acceptors (Lipinski definition) is 6. The highest BCUT2D eigenvalue weighted by Gasteiger charge is 2.29. The average Bonchev–Trinajstić information content (AvgIpc) is 3.00. The van der Waals surface area contributed by atoms with Crippen LogP contribution in [-0.2, 0) is 19.6 Å². The lowest BCUT2D eigenvalue weighted by Gasteiger charge is -2.21. The maximum absolute atomic E-state index is 13.1. The van der Waals surface area contributed by atoms with Gasteiger partial charge in [0.25, 0.3) is 5.91 Å². The van der Waals surface area contributed by atoms with Crippen LogP contribution in [0, 0.1) is 0 Å². The number of thioether (sulfide) groups is 1. The summed E-state index contributed by atoms with van der Waals surface area (Å²) in [5.41, 5.74) is 0.126. The summed E-state index contributed by atoms with van der Waals surface area (Å²) in [4.78, 5) is 24.5. The second-order valence-corrected chi connectivity index (χ2v) is 10.1. The molecule has 1 aliphatic heterocycles. The number of nitrogens with one attached hydrogen (secondary N) is 1. The topological polar surface area (TPSA) is 92.8 Å². The number of esters is 1. The van der Waals surface area contributed by atoms with Gasteiger partial charge in [0.1, 0.15) is 10.9 Å². The number of methoxy groups -OCH3 is 1. The molecule has 1 aromatic rings. The fourth-order valence-electron chi connectivity index (χ4n) is 3.13. The SMILES string of the molecule is COC(=O)[C@H](CCSC)NC(=O)c1ccc(Cl)c(S(=O)(=O)N2CCCCCC2)c1. The van der Waals surface area contributed by atoms with Crippen LogP contribution in [0.4, 0.5) is 0 Å². The Bertz CT molecular complexity index is 824. The van der Waals surface area contributed by atoms with Gasteiger partial charge in [0.2, 0.25) is 10.0 Å². The van der Waals surface area contributed by atoms with Gasteiger partial charge >= 0.3 is 5.97 Å². The molecule has 0 unspecified atom stereocenters. The molecule has 1 heterocycles. The molecule has 1 aromatic carbocycles. The lowest BCUT2D eigenvalue weighted by molar-refractivity contribution is -0.142. The Kier molecular flexibility index (Phi) is 9.26. The van der Waals surface area contributed by atoms with E-state index in [0.717, 1.165) is 25.7 Å². The van der Waals surface area contributed by atoms with Crippen LogP contribution in [-0.4, -0.2) is 62.8 Å². The van der Waals surface area contributed by atoms with Gasteiger partial charge in [-0.2, -0.15) is 16.1 Å². The third-order valence-corrected chi connectivity index (χ3v) is 7.80. The number of sulfonamides is 1. The first-order valence-electron chi connectivity index (χ1n) is 9.48. The van der Waals surface area contributed by atoms with Gasteiger partial charge in [0, 0.05) is 18.7 Å². The molecule has 1 saturated heterocycles. The number of ether oxygens (including phenoxy) is 1. The van der Waals surface area contributed by atoms with Gasteiger partial charge in [-0.25, -0.2) is 13.2 Å². The molecule has 1 aliphatic rings. The van der Waals surface area contributed by atoms with Crippen molar-refractivity contribution >= 4 is 45.3 Å². The number of rotatable bonds is 8. The Balaban J connectivity index is 2.26. The molecule has 0 radical (unpaired) electrons. The Labute approximate surface area is 181 Å². The van der Waals surface area contributed by atoms with Gasteiger partial charge in [-0.1, -0.05) is 24.4 Å². The number of carbonyl (C=O) groups excluding carboxylic acids is 2. The maximum atomic E-state index is 13.1. The molecule has 7 nitrogen and oxygen atoms in total. The zero-order chi connectivity index (χ0) is 21.4. The molecular formula is C19H27ClN2O5S2. The van der Waals surface area contributed by atoms with Gasteiger partial charge in [-0.15, -0.1) is 0 Å². The van der Waals surface area contributed by atoms with Crippen molar-refractivity contribution in [3.8, 4) is 0 Å². The number of hydrogen-bond donors (Lipinski definition) is 1. The summed E-state index contributed by atoms with van der Waals surface area (Å²) >= 11 is 7.72. The third-order valence-electron chi connectivity index (χ3n) is 4.78. The minimum absolute atomic E-state index is 0.0673. The molecule has 2 rings (SSSR count). The quantitative estimate of drug-likeness (QED) is 0.597. The lowest BCUT2D eigenvalue weighted by atomic mass is 10.1. The summed E-state index contributed by atoms with van der Waals surface area (Å²) in [5, 5.41) is 2.70. The van der Waals surface area contributed by atoms with E-state index < -0.39 is 27.9 Å². The molecule has 29 heavy (non-hydrogen) atoms. The van der Waals surface area contributed by atoms with Gasteiger partial charge in [0.05, 0.1) is 12.1 Å². The van der Waals surface area contributed by atoms with Crippen LogP contribution < -0.4 is 5.32 Å². The highest BCUT2D eigenvalue weighted by atomic mass is 35.5. The minimum atomic E-state index is -3.81. The van der Waals surface area contributed by atoms with Crippen LogP contribution in [0.15, 0.2) is 23.1 Å². The zero-order valence-corrected chi connectivity index (χ0v) is 19.0. The molecule has 162 valence electrons. The van der Waals surface area contributed by atoms with Gasteiger partial charge in [-0.3, -0.25) is 4.79 Å². The van der Waals surface area contributed by atoms with Gasteiger partial charge < -0.3 is 10.1 Å². The largest absolute Gasteiger partial charge is 0.467 e. The van der Waals surface area contributed by atoms with E-state index in [-0.39, 0.29) is 15.5 Å². The van der Waals surface area contributed by atoms with Crippen LogP contribution in [0.25, 0.3) is 0 Å². The predicted molar refractivity (Wildman–Crippen MR) is 115 cm³/mol. The summed E-state index contributed by atoms with van der Waals surface area (Å²) in [7, 11) is -2.55. The average molecular weight is 463 g/mol. The smallest absolute Gasteiger partial charge is 0.328 e. The Morgan fingerprint density at radius 1 is 1.24 bits per heavy atom. The summed E-state index contributed by atoms with van der Waals surface area (Å²) in [5.74, 6) is -0.431. The summed E-state index contributed by atoms with van der Waals surface area (Å²) in [6.07, 6.45) is 5.89. The van der Waals surface area contributed by atoms with Crippen molar-refractivity contribution in [1.29, 1.82) is 0 Å². The lowest BCUT2D eigenvalue weighted by Crippen LogP contribution is -2.42. The number of benzene rings is 1. The van der Waals surface area contributed by atoms with Crippen LogP contribution in [0.2, 0.25) is 5.02 Å². The van der Waals surface area contributed by atoms with Crippen LogP contribution in [0.5, 0.6) is 0 Å². The first-order chi connectivity index (χ1) is 13.8. The molecule has 0 spiro atoms. The molecule has 0 aliphatic carbocycles. The maximum Gasteiger partial charge on any atom is 0.328 e. The van der Waals surface area contributed by atoms with E-state index in [4.69, 9.17) is 16.3 Å². The zero-order valence-electron chi connectivity index (χ0n) is 16.6. The van der Waals surface area contributed by atoms with Gasteiger partial charge in [0.15, 0.2) is 0 Å². The van der Waals surface area contributed by atoms with Crippen LogP contribution in [0.1, 0.15) is 42.5 Å². The Morgan fingerprint density at radius 2 is 1.90 bits per heavy atom. The highest BCUT2D eigenvalue weighted by Crippen LogP contribution is 2.27. The van der Waals surface area contributed by atoms with E-state index in [2.05, 4.69) is 5.32 Å². The molecule has 0 saturated carbocycles. The van der Waals surface area contributed by atoms with E-state index >= 15 is 0 Å². The van der Waals surface area contributed by atoms with Crippen molar-refractivity contribution in [1.82, 2.24) is 9.62 Å². The second-order valence-electron chi connectivity index (χ2n) is 6.79. The normalized spacial score (nSPS) is 16.7. The Hall–Kier alpha value is -1.29. The highest BCUT2D eigenvalue weighted by molar-refractivity contribution is 7.98. The molecule has 10 heteroatoms. The third kappa shape index (κ3) is 6.34. The molecule has 0 aromatic heterocycles. The summed E-state index contributed by atoms with van der Waals surface area (Å²) in [6, 6.07) is 3.32. The fourth-order valence-corrected chi connectivity index (χ4v) is 5.62. The fraction of sp³-hybridized carbons (Fsp3) is 0.579. The summed E-state index contributed by atoms with van der Waals surface area (Å²) < 4.78 is 32.4. The first kappa shape index (κ1) is 24.0. The number of amides is 1. The van der Waals surface area contributed by atoms with E-state index in [1.54, 1.807) is 11.8 Å². The molecule has 1 N–H and O–H groups in total. The van der Waals surface area contributed by atoms with E-state index in [1.165, 1.54) is 29.6 Å². The van der Waals surface area contributed by atoms with E-state index in [0.29, 0.717) is 25.3 Å². The van der Waals surface area contributed by atoms with Crippen LogP contribution >= 0.6 is 23.4 Å². The predicted octanol–water partition coefficient (Wildman–Crippen LogP) is 2.93. The van der Waals surface area contributed by atoms with E-state index in [9.17, 15) is 18.0 Å². The molecule has 0 bridgehead atoms. The van der Waals surface area contributed by atoms with Crippen molar-refractivity contribution in [3.05, 3.63) is 28.8 Å². The van der Waals surface area contributed by atoms with Crippen molar-refractivity contribution in [2.45, 2.75) is 43.0 Å². The molecule has 1 amide bonds. The number of nitrogens with zero attached hydrogens (tertiary/aromatic N) is 1. The van der Waals surface area contributed by atoms with E-state index in [1.807, 2.05) is 6.26 Å². The number of carbonyl (C=O) groups is 2. The van der Waals surface area contributed by atoms with Crippen molar-refractivity contribution in [3.63, 3.8) is 0 Å². The standard InChI is InChI=1S/C19H27ClN2O5S2/c1-27-19(24)16(9-12-28-2)21-18(23)14-7-8-15(20)17(13-14)29(25,26)22-10-5-3-4-6-11-22/h7-8,13,16H,3-6,9-12H2,1-2H3,(H,21,23)/t16-/m0/s1. The monoisotopic (exact) mass is 462 g/mol.